The molecule has 0 spiro atoms. The van der Waals surface area contributed by atoms with E-state index in [1.54, 1.807) is 0 Å². The summed E-state index contributed by atoms with van der Waals surface area (Å²) in [6.45, 7) is 9.03. The normalized spacial score (nSPS) is 20.2. The van der Waals surface area contributed by atoms with Gasteiger partial charge in [-0.2, -0.15) is 0 Å². The van der Waals surface area contributed by atoms with Crippen LogP contribution in [-0.2, 0) is 0 Å². The van der Waals surface area contributed by atoms with Gasteiger partial charge in [-0.25, -0.2) is 0 Å². The first-order valence-corrected chi connectivity index (χ1v) is 9.17. The lowest BCUT2D eigenvalue weighted by atomic mass is 9.71. The molecule has 1 aliphatic heterocycles. The van der Waals surface area contributed by atoms with E-state index in [0.29, 0.717) is 0 Å². The van der Waals surface area contributed by atoms with Crippen molar-refractivity contribution < 1.29 is 4.79 Å². The third-order valence-electron chi connectivity index (χ3n) is 5.88. The Bertz CT molecular complexity index is 484. The zero-order valence-corrected chi connectivity index (χ0v) is 15.1. The first kappa shape index (κ1) is 18.0. The highest BCUT2D eigenvalue weighted by atomic mass is 16.1. The summed E-state index contributed by atoms with van der Waals surface area (Å²) in [5, 5.41) is 7.27. The Balaban J connectivity index is 2.18. The van der Waals surface area contributed by atoms with E-state index in [-0.39, 0.29) is 23.0 Å². The van der Waals surface area contributed by atoms with Gasteiger partial charge in [-0.3, -0.25) is 4.79 Å². The number of hydrogen-bond donors (Lipinski definition) is 2. The number of carbonyl (C=O) groups excluding carboxylic acids is 1. The average molecular weight is 316 g/mol. The highest BCUT2D eigenvalue weighted by Gasteiger charge is 2.44. The molecule has 23 heavy (non-hydrogen) atoms. The van der Waals surface area contributed by atoms with E-state index in [4.69, 9.17) is 0 Å². The van der Waals surface area contributed by atoms with Crippen LogP contribution in [0.3, 0.4) is 0 Å². The lowest BCUT2D eigenvalue weighted by Crippen LogP contribution is -2.66. The average Bonchev–Trinajstić information content (AvgIpc) is 2.61. The summed E-state index contributed by atoms with van der Waals surface area (Å²) in [6.07, 6.45) is 6.43. The standard InChI is InChI=1S/C20H32N2O/c1-5-19(6-2)14-17(15-20(7-3,8-4)22-19)21-18(23)16-12-10-9-11-13-16/h9-13,17,22H,5-8,14-15H2,1-4H3,(H,21,23). The SMILES string of the molecule is CCC1(CC)CC(NC(=O)c2ccccc2)CC(CC)(CC)N1. The monoisotopic (exact) mass is 316 g/mol. The zero-order chi connectivity index (χ0) is 16.9. The van der Waals surface area contributed by atoms with Crippen molar-refractivity contribution in [2.45, 2.75) is 83.3 Å². The maximum atomic E-state index is 12.6. The van der Waals surface area contributed by atoms with E-state index in [0.717, 1.165) is 44.1 Å². The van der Waals surface area contributed by atoms with Gasteiger partial charge < -0.3 is 10.6 Å². The molecule has 1 fully saturated rings. The summed E-state index contributed by atoms with van der Waals surface area (Å²) >= 11 is 0. The second kappa shape index (κ2) is 7.48. The van der Waals surface area contributed by atoms with E-state index in [1.807, 2.05) is 30.3 Å². The van der Waals surface area contributed by atoms with Crippen LogP contribution in [0.1, 0.15) is 76.6 Å². The van der Waals surface area contributed by atoms with Gasteiger partial charge in [-0.05, 0) is 50.7 Å². The molecule has 1 saturated heterocycles. The third kappa shape index (κ3) is 3.95. The number of benzene rings is 1. The van der Waals surface area contributed by atoms with Gasteiger partial charge in [0.1, 0.15) is 0 Å². The quantitative estimate of drug-likeness (QED) is 0.822. The molecule has 0 aliphatic carbocycles. The van der Waals surface area contributed by atoms with Crippen molar-refractivity contribution in [3.8, 4) is 0 Å². The van der Waals surface area contributed by atoms with E-state index < -0.39 is 0 Å². The number of carbonyl (C=O) groups is 1. The van der Waals surface area contributed by atoms with Crippen LogP contribution in [0.15, 0.2) is 30.3 Å². The fourth-order valence-electron chi connectivity index (χ4n) is 4.07. The summed E-state index contributed by atoms with van der Waals surface area (Å²) < 4.78 is 0. The van der Waals surface area contributed by atoms with Crippen molar-refractivity contribution in [2.75, 3.05) is 0 Å². The summed E-state index contributed by atoms with van der Waals surface area (Å²) in [5.74, 6) is 0.0553. The molecule has 1 aromatic carbocycles. The van der Waals surface area contributed by atoms with Gasteiger partial charge in [-0.1, -0.05) is 45.9 Å². The fraction of sp³-hybridized carbons (Fsp3) is 0.650. The first-order valence-electron chi connectivity index (χ1n) is 9.17. The minimum absolute atomic E-state index is 0.0553. The Morgan fingerprint density at radius 2 is 1.48 bits per heavy atom. The van der Waals surface area contributed by atoms with Crippen molar-refractivity contribution in [2.24, 2.45) is 0 Å². The predicted octanol–water partition coefficient (Wildman–Crippen LogP) is 4.29. The van der Waals surface area contributed by atoms with Crippen LogP contribution in [0.5, 0.6) is 0 Å². The minimum Gasteiger partial charge on any atom is -0.349 e. The topological polar surface area (TPSA) is 41.1 Å². The number of hydrogen-bond acceptors (Lipinski definition) is 2. The molecule has 2 N–H and O–H groups in total. The highest BCUT2D eigenvalue weighted by Crippen LogP contribution is 2.37. The lowest BCUT2D eigenvalue weighted by molar-refractivity contribution is 0.0715. The van der Waals surface area contributed by atoms with Crippen molar-refractivity contribution in [1.29, 1.82) is 0 Å². The van der Waals surface area contributed by atoms with Crippen LogP contribution in [0.4, 0.5) is 0 Å². The molecular weight excluding hydrogens is 284 g/mol. The van der Waals surface area contributed by atoms with Crippen molar-refractivity contribution in [3.63, 3.8) is 0 Å². The van der Waals surface area contributed by atoms with E-state index in [1.165, 1.54) is 0 Å². The molecule has 3 nitrogen and oxygen atoms in total. The van der Waals surface area contributed by atoms with Crippen LogP contribution >= 0.6 is 0 Å². The van der Waals surface area contributed by atoms with Crippen LogP contribution in [-0.4, -0.2) is 23.0 Å². The molecule has 0 saturated carbocycles. The van der Waals surface area contributed by atoms with Crippen molar-refractivity contribution in [3.05, 3.63) is 35.9 Å². The summed E-state index contributed by atoms with van der Waals surface area (Å²) in [5.41, 5.74) is 1.03. The van der Waals surface area contributed by atoms with Gasteiger partial charge in [0, 0.05) is 22.7 Å². The molecule has 0 aromatic heterocycles. The minimum atomic E-state index is 0.0553. The number of amides is 1. The number of nitrogens with one attached hydrogen (secondary N) is 2. The second-order valence-electron chi connectivity index (χ2n) is 7.04. The van der Waals surface area contributed by atoms with Gasteiger partial charge >= 0.3 is 0 Å². The van der Waals surface area contributed by atoms with E-state index >= 15 is 0 Å². The number of rotatable bonds is 6. The maximum Gasteiger partial charge on any atom is 0.251 e. The molecule has 0 bridgehead atoms. The smallest absolute Gasteiger partial charge is 0.251 e. The Labute approximate surface area is 141 Å². The van der Waals surface area contributed by atoms with Gasteiger partial charge in [0.05, 0.1) is 0 Å². The fourth-order valence-corrected chi connectivity index (χ4v) is 4.07. The van der Waals surface area contributed by atoms with Crippen LogP contribution < -0.4 is 10.6 Å². The molecule has 0 atom stereocenters. The van der Waals surface area contributed by atoms with Crippen molar-refractivity contribution >= 4 is 5.91 Å². The van der Waals surface area contributed by atoms with Gasteiger partial charge in [0.15, 0.2) is 0 Å². The van der Waals surface area contributed by atoms with Gasteiger partial charge in [0.2, 0.25) is 0 Å². The zero-order valence-electron chi connectivity index (χ0n) is 15.1. The van der Waals surface area contributed by atoms with Crippen LogP contribution in [0.25, 0.3) is 0 Å². The third-order valence-corrected chi connectivity index (χ3v) is 5.88. The molecule has 1 heterocycles. The molecule has 128 valence electrons. The Hall–Kier alpha value is -1.35. The first-order chi connectivity index (χ1) is 11.0. The number of piperidine rings is 1. The van der Waals surface area contributed by atoms with Crippen LogP contribution in [0.2, 0.25) is 0 Å². The second-order valence-corrected chi connectivity index (χ2v) is 7.04. The Morgan fingerprint density at radius 1 is 1.00 bits per heavy atom. The molecule has 1 aliphatic rings. The molecule has 2 rings (SSSR count). The van der Waals surface area contributed by atoms with E-state index in [9.17, 15) is 4.79 Å². The largest absolute Gasteiger partial charge is 0.349 e. The summed E-state index contributed by atoms with van der Waals surface area (Å²) in [4.78, 5) is 12.6. The molecule has 0 radical (unpaired) electrons. The summed E-state index contributed by atoms with van der Waals surface area (Å²) in [6, 6.07) is 9.79. The Kier molecular flexibility index (Phi) is 5.85. The van der Waals surface area contributed by atoms with Crippen LogP contribution in [0, 0.1) is 0 Å². The van der Waals surface area contributed by atoms with Crippen molar-refractivity contribution in [1.82, 2.24) is 10.6 Å². The van der Waals surface area contributed by atoms with Gasteiger partial charge in [-0.15, -0.1) is 0 Å². The molecule has 1 aromatic rings. The Morgan fingerprint density at radius 3 is 1.91 bits per heavy atom. The lowest BCUT2D eigenvalue weighted by Gasteiger charge is -2.52. The molecule has 1 amide bonds. The summed E-state index contributed by atoms with van der Waals surface area (Å²) in [7, 11) is 0. The maximum absolute atomic E-state index is 12.6. The molecule has 3 heteroatoms. The van der Waals surface area contributed by atoms with Gasteiger partial charge in [0.25, 0.3) is 5.91 Å². The predicted molar refractivity (Wildman–Crippen MR) is 96.7 cm³/mol. The molecule has 0 unspecified atom stereocenters. The van der Waals surface area contributed by atoms with E-state index in [2.05, 4.69) is 38.3 Å². The molecular formula is C20H32N2O. The highest BCUT2D eigenvalue weighted by molar-refractivity contribution is 5.94.